The highest BCUT2D eigenvalue weighted by atomic mass is 19.4. The molecule has 0 bridgehead atoms. The number of halogens is 3. The molecule has 0 aromatic carbocycles. The Bertz CT molecular complexity index is 633. The average Bonchev–Trinajstić information content (AvgIpc) is 2.53. The van der Waals surface area contributed by atoms with E-state index < -0.39 is 18.8 Å². The van der Waals surface area contributed by atoms with E-state index in [2.05, 4.69) is 25.3 Å². The summed E-state index contributed by atoms with van der Waals surface area (Å²) in [6, 6.07) is 7.46. The van der Waals surface area contributed by atoms with Gasteiger partial charge in [-0.25, -0.2) is 9.78 Å². The summed E-state index contributed by atoms with van der Waals surface area (Å²) in [4.78, 5) is 19.4. The number of ether oxygens (including phenoxy) is 1. The number of aromatic nitrogens is 2. The predicted molar refractivity (Wildman–Crippen MR) is 75.9 cm³/mol. The zero-order valence-corrected chi connectivity index (χ0v) is 11.8. The number of anilines is 1. The molecule has 2 N–H and O–H groups in total. The van der Waals surface area contributed by atoms with Crippen molar-refractivity contribution in [1.29, 1.82) is 0 Å². The normalized spacial score (nSPS) is 10.9. The van der Waals surface area contributed by atoms with Crippen LogP contribution in [0, 0.1) is 0 Å². The zero-order valence-electron chi connectivity index (χ0n) is 11.8. The van der Waals surface area contributed by atoms with Gasteiger partial charge in [0.15, 0.2) is 6.61 Å². The van der Waals surface area contributed by atoms with Gasteiger partial charge in [-0.15, -0.1) is 0 Å². The molecule has 0 unspecified atom stereocenters. The number of rotatable bonds is 5. The minimum atomic E-state index is -4.43. The number of carbonyl (C=O) groups excluding carboxylic acids is 1. The van der Waals surface area contributed by atoms with Crippen molar-refractivity contribution >= 4 is 11.7 Å². The Hall–Kier alpha value is -2.84. The molecule has 0 atom stereocenters. The van der Waals surface area contributed by atoms with E-state index in [0.29, 0.717) is 11.4 Å². The first kappa shape index (κ1) is 16.5. The Morgan fingerprint density at radius 1 is 1.17 bits per heavy atom. The van der Waals surface area contributed by atoms with Gasteiger partial charge in [-0.1, -0.05) is 6.07 Å². The molecular weight excluding hydrogens is 313 g/mol. The molecule has 0 fully saturated rings. The van der Waals surface area contributed by atoms with Crippen LogP contribution in [0.3, 0.4) is 0 Å². The standard InChI is InChI=1S/C14H13F3N4O2/c15-14(16,17)9-23-12-5-4-11(8-19-12)21-13(22)20-7-10-3-1-2-6-18-10/h1-6,8H,7,9H2,(H2,20,21,22). The number of hydrogen-bond acceptors (Lipinski definition) is 4. The zero-order chi connectivity index (χ0) is 16.7. The topological polar surface area (TPSA) is 76.1 Å². The maximum absolute atomic E-state index is 12.0. The molecule has 6 nitrogen and oxygen atoms in total. The second kappa shape index (κ2) is 7.43. The molecule has 122 valence electrons. The van der Waals surface area contributed by atoms with Crippen molar-refractivity contribution in [3.8, 4) is 5.88 Å². The molecule has 23 heavy (non-hydrogen) atoms. The lowest BCUT2D eigenvalue weighted by atomic mass is 10.3. The number of amides is 2. The first-order chi connectivity index (χ1) is 10.9. The van der Waals surface area contributed by atoms with Crippen molar-refractivity contribution in [2.45, 2.75) is 12.7 Å². The molecule has 2 aromatic rings. The van der Waals surface area contributed by atoms with Crippen molar-refractivity contribution in [1.82, 2.24) is 15.3 Å². The molecule has 0 aliphatic carbocycles. The Morgan fingerprint density at radius 2 is 2.00 bits per heavy atom. The van der Waals surface area contributed by atoms with E-state index in [4.69, 9.17) is 0 Å². The number of nitrogens with zero attached hydrogens (tertiary/aromatic N) is 2. The van der Waals surface area contributed by atoms with E-state index in [0.717, 1.165) is 0 Å². The maximum Gasteiger partial charge on any atom is 0.422 e. The van der Waals surface area contributed by atoms with E-state index >= 15 is 0 Å². The summed E-state index contributed by atoms with van der Waals surface area (Å²) in [6.07, 6.45) is -1.62. The number of alkyl halides is 3. The first-order valence-corrected chi connectivity index (χ1v) is 6.53. The third kappa shape index (κ3) is 6.20. The molecule has 0 aliphatic heterocycles. The average molecular weight is 326 g/mol. The summed E-state index contributed by atoms with van der Waals surface area (Å²) >= 11 is 0. The lowest BCUT2D eigenvalue weighted by Crippen LogP contribution is -2.28. The minimum Gasteiger partial charge on any atom is -0.468 e. The second-order valence-corrected chi connectivity index (χ2v) is 4.42. The molecule has 0 saturated carbocycles. The summed E-state index contributed by atoms with van der Waals surface area (Å²) in [5.74, 6) is -0.179. The van der Waals surface area contributed by atoms with Crippen molar-refractivity contribution in [2.24, 2.45) is 0 Å². The van der Waals surface area contributed by atoms with Crippen LogP contribution in [-0.4, -0.2) is 28.8 Å². The number of urea groups is 1. The van der Waals surface area contributed by atoms with Crippen molar-refractivity contribution in [3.63, 3.8) is 0 Å². The predicted octanol–water partition coefficient (Wildman–Crippen LogP) is 2.74. The van der Waals surface area contributed by atoms with Gasteiger partial charge in [0.1, 0.15) is 0 Å². The van der Waals surface area contributed by atoms with Crippen LogP contribution in [-0.2, 0) is 6.54 Å². The molecule has 2 heterocycles. The van der Waals surface area contributed by atoms with Gasteiger partial charge in [-0.2, -0.15) is 13.2 Å². The number of pyridine rings is 2. The van der Waals surface area contributed by atoms with E-state index in [9.17, 15) is 18.0 Å². The summed E-state index contributed by atoms with van der Waals surface area (Å²) < 4.78 is 40.4. The van der Waals surface area contributed by atoms with Gasteiger partial charge in [0.2, 0.25) is 5.88 Å². The van der Waals surface area contributed by atoms with Crippen molar-refractivity contribution in [2.75, 3.05) is 11.9 Å². The highest BCUT2D eigenvalue weighted by molar-refractivity contribution is 5.88. The van der Waals surface area contributed by atoms with Crippen LogP contribution in [0.4, 0.5) is 23.7 Å². The van der Waals surface area contributed by atoms with E-state index in [1.807, 2.05) is 0 Å². The summed E-state index contributed by atoms with van der Waals surface area (Å²) in [5.41, 5.74) is 1.01. The molecule has 0 saturated heterocycles. The van der Waals surface area contributed by atoms with Gasteiger partial charge in [0.05, 0.1) is 24.1 Å². The summed E-state index contributed by atoms with van der Waals surface area (Å²) in [6.45, 7) is -1.18. The molecule has 2 amide bonds. The van der Waals surface area contributed by atoms with Gasteiger partial charge in [0, 0.05) is 12.3 Å². The van der Waals surface area contributed by atoms with Gasteiger partial charge in [-0.05, 0) is 18.2 Å². The number of hydrogen-bond donors (Lipinski definition) is 2. The van der Waals surface area contributed by atoms with Crippen LogP contribution in [0.5, 0.6) is 5.88 Å². The van der Waals surface area contributed by atoms with Crippen LogP contribution in [0.25, 0.3) is 0 Å². The number of nitrogens with one attached hydrogen (secondary N) is 2. The number of carbonyl (C=O) groups is 1. The monoisotopic (exact) mass is 326 g/mol. The minimum absolute atomic E-state index is 0.179. The van der Waals surface area contributed by atoms with Crippen LogP contribution in [0.1, 0.15) is 5.69 Å². The Labute approximate surface area is 129 Å². The van der Waals surface area contributed by atoms with Crippen LogP contribution >= 0.6 is 0 Å². The van der Waals surface area contributed by atoms with E-state index in [1.54, 1.807) is 24.4 Å². The van der Waals surface area contributed by atoms with Crippen molar-refractivity contribution in [3.05, 3.63) is 48.4 Å². The quantitative estimate of drug-likeness (QED) is 0.886. The van der Waals surface area contributed by atoms with E-state index in [1.165, 1.54) is 18.3 Å². The maximum atomic E-state index is 12.0. The van der Waals surface area contributed by atoms with Gasteiger partial charge >= 0.3 is 12.2 Å². The highest BCUT2D eigenvalue weighted by Crippen LogP contribution is 2.17. The molecule has 0 aliphatic rings. The molecule has 2 rings (SSSR count). The van der Waals surface area contributed by atoms with Gasteiger partial charge < -0.3 is 15.4 Å². The Kier molecular flexibility index (Phi) is 5.34. The van der Waals surface area contributed by atoms with Gasteiger partial charge in [0.25, 0.3) is 0 Å². The summed E-state index contributed by atoms with van der Waals surface area (Å²) in [5, 5.41) is 5.08. The fraction of sp³-hybridized carbons (Fsp3) is 0.214. The molecule has 2 aromatic heterocycles. The third-order valence-electron chi connectivity index (χ3n) is 2.53. The third-order valence-corrected chi connectivity index (χ3v) is 2.53. The second-order valence-electron chi connectivity index (χ2n) is 4.42. The van der Waals surface area contributed by atoms with Crippen LogP contribution in [0.2, 0.25) is 0 Å². The molecule has 0 radical (unpaired) electrons. The Morgan fingerprint density at radius 3 is 2.61 bits per heavy atom. The molecule has 0 spiro atoms. The first-order valence-electron chi connectivity index (χ1n) is 6.53. The van der Waals surface area contributed by atoms with Crippen molar-refractivity contribution < 1.29 is 22.7 Å². The van der Waals surface area contributed by atoms with E-state index in [-0.39, 0.29) is 12.4 Å². The smallest absolute Gasteiger partial charge is 0.422 e. The molecule has 9 heteroatoms. The summed E-state index contributed by atoms with van der Waals surface area (Å²) in [7, 11) is 0. The SMILES string of the molecule is O=C(NCc1ccccn1)Nc1ccc(OCC(F)(F)F)nc1. The van der Waals surface area contributed by atoms with Crippen LogP contribution < -0.4 is 15.4 Å². The molecular formula is C14H13F3N4O2. The highest BCUT2D eigenvalue weighted by Gasteiger charge is 2.28. The fourth-order valence-corrected chi connectivity index (χ4v) is 1.54. The largest absolute Gasteiger partial charge is 0.468 e. The van der Waals surface area contributed by atoms with Gasteiger partial charge in [-0.3, -0.25) is 4.98 Å². The fourth-order valence-electron chi connectivity index (χ4n) is 1.54. The lowest BCUT2D eigenvalue weighted by molar-refractivity contribution is -0.154. The Balaban J connectivity index is 1.80. The van der Waals surface area contributed by atoms with Crippen LogP contribution in [0.15, 0.2) is 42.7 Å². The lowest BCUT2D eigenvalue weighted by Gasteiger charge is -2.09.